The zero-order valence-electron chi connectivity index (χ0n) is 13.5. The van der Waals surface area contributed by atoms with Crippen molar-refractivity contribution in [1.82, 2.24) is 4.31 Å². The maximum absolute atomic E-state index is 12.5. The zero-order valence-corrected chi connectivity index (χ0v) is 14.3. The molecule has 2 rings (SSSR count). The minimum Gasteiger partial charge on any atom is -0.598 e. The van der Waals surface area contributed by atoms with E-state index in [0.717, 1.165) is 24.3 Å². The van der Waals surface area contributed by atoms with Gasteiger partial charge < -0.3 is 14.0 Å². The van der Waals surface area contributed by atoms with Crippen molar-refractivity contribution >= 4 is 11.4 Å². The summed E-state index contributed by atoms with van der Waals surface area (Å²) in [5.74, 6) is 1.61. The molecule has 1 aliphatic rings. The van der Waals surface area contributed by atoms with Crippen molar-refractivity contribution in [3.63, 3.8) is 0 Å². The number of rotatable bonds is 5. The molecule has 0 radical (unpaired) electrons. The lowest BCUT2D eigenvalue weighted by Gasteiger charge is -2.34. The number of ether oxygens (including phenoxy) is 2. The average molecular weight is 311 g/mol. The Morgan fingerprint density at radius 3 is 2.57 bits per heavy atom. The summed E-state index contributed by atoms with van der Waals surface area (Å²) in [5, 5.41) is 0. The van der Waals surface area contributed by atoms with E-state index in [2.05, 4.69) is 13.0 Å². The minimum atomic E-state index is -1.01. The Balaban J connectivity index is 2.08. The van der Waals surface area contributed by atoms with Gasteiger partial charge in [0.1, 0.15) is 4.75 Å². The van der Waals surface area contributed by atoms with Crippen LogP contribution < -0.4 is 9.47 Å². The first-order valence-corrected chi connectivity index (χ1v) is 8.47. The molecule has 0 bridgehead atoms. The Morgan fingerprint density at radius 2 is 1.95 bits per heavy atom. The fourth-order valence-electron chi connectivity index (χ4n) is 2.44. The van der Waals surface area contributed by atoms with Gasteiger partial charge in [0.05, 0.1) is 6.04 Å². The van der Waals surface area contributed by atoms with Gasteiger partial charge in [0.15, 0.2) is 11.5 Å². The number of hydrogen-bond donors (Lipinski definition) is 0. The van der Waals surface area contributed by atoms with E-state index in [1.807, 2.05) is 44.3 Å². The summed E-state index contributed by atoms with van der Waals surface area (Å²) in [6.45, 7) is 8.45. The molecule has 0 amide bonds. The first kappa shape index (κ1) is 16.5. The van der Waals surface area contributed by atoms with Crippen LogP contribution in [0.3, 0.4) is 0 Å². The molecule has 4 nitrogen and oxygen atoms in total. The summed E-state index contributed by atoms with van der Waals surface area (Å²) in [5.41, 5.74) is 1.18. The maximum Gasteiger partial charge on any atom is 0.231 e. The molecule has 1 heterocycles. The van der Waals surface area contributed by atoms with E-state index in [0.29, 0.717) is 6.79 Å². The fourth-order valence-corrected chi connectivity index (χ4v) is 3.80. The largest absolute Gasteiger partial charge is 0.598 e. The van der Waals surface area contributed by atoms with Gasteiger partial charge in [0.2, 0.25) is 6.79 Å². The van der Waals surface area contributed by atoms with Gasteiger partial charge in [0, 0.05) is 18.4 Å². The van der Waals surface area contributed by atoms with Crippen LogP contribution in [-0.4, -0.2) is 33.5 Å². The molecular weight excluding hydrogens is 286 g/mol. The second-order valence-electron chi connectivity index (χ2n) is 6.36. The normalized spacial score (nSPS) is 17.1. The molecule has 2 atom stereocenters. The van der Waals surface area contributed by atoms with E-state index in [1.54, 1.807) is 0 Å². The van der Waals surface area contributed by atoms with Crippen LogP contribution in [0.4, 0.5) is 0 Å². The van der Waals surface area contributed by atoms with Crippen LogP contribution in [0.15, 0.2) is 18.2 Å². The van der Waals surface area contributed by atoms with E-state index in [-0.39, 0.29) is 10.8 Å². The van der Waals surface area contributed by atoms with Crippen LogP contribution in [0, 0.1) is 0 Å². The molecule has 1 aromatic rings. The quantitative estimate of drug-likeness (QED) is 0.784. The topological polar surface area (TPSA) is 44.8 Å². The van der Waals surface area contributed by atoms with Crippen LogP contribution >= 0.6 is 0 Å². The number of nitrogens with zero attached hydrogens (tertiary/aromatic N) is 1. The van der Waals surface area contributed by atoms with Gasteiger partial charge in [-0.05, 0) is 51.3 Å². The van der Waals surface area contributed by atoms with E-state index in [9.17, 15) is 4.55 Å². The van der Waals surface area contributed by atoms with Crippen LogP contribution in [-0.2, 0) is 17.8 Å². The molecule has 0 saturated heterocycles. The monoisotopic (exact) mass is 311 g/mol. The molecule has 118 valence electrons. The molecule has 1 aliphatic heterocycles. The van der Waals surface area contributed by atoms with Gasteiger partial charge in [-0.1, -0.05) is 13.0 Å². The molecule has 0 aliphatic carbocycles. The van der Waals surface area contributed by atoms with E-state index < -0.39 is 11.4 Å². The van der Waals surface area contributed by atoms with Crippen molar-refractivity contribution in [3.05, 3.63) is 23.8 Å². The van der Waals surface area contributed by atoms with Crippen molar-refractivity contribution in [2.24, 2.45) is 0 Å². The van der Waals surface area contributed by atoms with Crippen molar-refractivity contribution < 1.29 is 14.0 Å². The summed E-state index contributed by atoms with van der Waals surface area (Å²) >= 11 is -1.01. The smallest absolute Gasteiger partial charge is 0.231 e. The second kappa shape index (κ2) is 6.46. The molecular formula is C16H25NO3S. The average Bonchev–Trinajstić information content (AvgIpc) is 2.89. The minimum absolute atomic E-state index is 0.239. The molecule has 0 aromatic heterocycles. The highest BCUT2D eigenvalue weighted by Crippen LogP contribution is 2.33. The molecule has 0 N–H and O–H groups in total. The molecule has 0 unspecified atom stereocenters. The van der Waals surface area contributed by atoms with Crippen molar-refractivity contribution in [2.45, 2.75) is 51.3 Å². The van der Waals surface area contributed by atoms with Gasteiger partial charge in [-0.15, -0.1) is 4.31 Å². The van der Waals surface area contributed by atoms with E-state index in [4.69, 9.17) is 9.47 Å². The molecule has 21 heavy (non-hydrogen) atoms. The Kier molecular flexibility index (Phi) is 5.07. The summed E-state index contributed by atoms with van der Waals surface area (Å²) in [4.78, 5) is 0. The predicted octanol–water partition coefficient (Wildman–Crippen LogP) is 3.13. The first-order chi connectivity index (χ1) is 9.82. The molecule has 5 heteroatoms. The van der Waals surface area contributed by atoms with Crippen molar-refractivity contribution in [2.75, 3.05) is 13.8 Å². The third-order valence-electron chi connectivity index (χ3n) is 3.68. The zero-order chi connectivity index (χ0) is 15.6. The lowest BCUT2D eigenvalue weighted by molar-refractivity contribution is 0.174. The molecule has 0 spiro atoms. The Bertz CT molecular complexity index is 487. The Morgan fingerprint density at radius 1 is 1.29 bits per heavy atom. The SMILES string of the molecule is CC[C@@H](Cc1ccc2c(c1)OCO2)N(C)[S@+]([O-])C(C)(C)C. The lowest BCUT2D eigenvalue weighted by atomic mass is 10.0. The molecule has 0 fully saturated rings. The van der Waals surface area contributed by atoms with Crippen molar-refractivity contribution in [3.8, 4) is 11.5 Å². The van der Waals surface area contributed by atoms with Crippen LogP contribution in [0.5, 0.6) is 11.5 Å². The van der Waals surface area contributed by atoms with Crippen LogP contribution in [0.1, 0.15) is 39.7 Å². The third-order valence-corrected chi connectivity index (χ3v) is 5.55. The van der Waals surface area contributed by atoms with Gasteiger partial charge in [-0.2, -0.15) is 0 Å². The summed E-state index contributed by atoms with van der Waals surface area (Å²) in [7, 11) is 1.95. The molecule has 0 saturated carbocycles. The van der Waals surface area contributed by atoms with Gasteiger partial charge >= 0.3 is 0 Å². The van der Waals surface area contributed by atoms with Crippen molar-refractivity contribution in [1.29, 1.82) is 0 Å². The highest BCUT2D eigenvalue weighted by atomic mass is 32.2. The number of likely N-dealkylation sites (N-methyl/N-ethyl adjacent to an activating group) is 1. The fraction of sp³-hybridized carbons (Fsp3) is 0.625. The Labute approximate surface area is 130 Å². The second-order valence-corrected chi connectivity index (χ2v) is 8.66. The molecule has 1 aromatic carbocycles. The van der Waals surface area contributed by atoms with Gasteiger partial charge in [0.25, 0.3) is 0 Å². The van der Waals surface area contributed by atoms with E-state index >= 15 is 0 Å². The van der Waals surface area contributed by atoms with Gasteiger partial charge in [-0.25, -0.2) is 0 Å². The number of fused-ring (bicyclic) bond motifs is 1. The summed E-state index contributed by atoms with van der Waals surface area (Å²) in [6.07, 6.45) is 1.80. The standard InChI is InChI=1S/C16H25NO3S/c1-6-13(17(5)21(18)16(2,3)4)9-12-7-8-14-15(10-12)20-11-19-14/h7-8,10,13H,6,9,11H2,1-5H3/t13-,21+/m0/s1. The van der Waals surface area contributed by atoms with Crippen LogP contribution in [0.2, 0.25) is 0 Å². The third kappa shape index (κ3) is 3.84. The van der Waals surface area contributed by atoms with Crippen LogP contribution in [0.25, 0.3) is 0 Å². The van der Waals surface area contributed by atoms with Gasteiger partial charge in [-0.3, -0.25) is 0 Å². The predicted molar refractivity (Wildman–Crippen MR) is 86.0 cm³/mol. The Hall–Kier alpha value is -0.910. The highest BCUT2D eigenvalue weighted by molar-refractivity contribution is 7.90. The maximum atomic E-state index is 12.5. The highest BCUT2D eigenvalue weighted by Gasteiger charge is 2.34. The van der Waals surface area contributed by atoms with E-state index in [1.165, 1.54) is 5.56 Å². The number of benzene rings is 1. The summed E-state index contributed by atoms with van der Waals surface area (Å²) in [6, 6.07) is 6.28. The lowest BCUT2D eigenvalue weighted by Crippen LogP contribution is -2.46. The number of hydrogen-bond acceptors (Lipinski definition) is 4. The summed E-state index contributed by atoms with van der Waals surface area (Å²) < 4.78 is 25.0. The first-order valence-electron chi connectivity index (χ1n) is 7.36.